The van der Waals surface area contributed by atoms with Gasteiger partial charge >= 0.3 is 5.97 Å². The number of carbonyl (C=O) groups excluding carboxylic acids is 1. The molecule has 3 heteroatoms. The fraction of sp³-hybridized carbons (Fsp3) is 0.667. The first-order chi connectivity index (χ1) is 5.65. The van der Waals surface area contributed by atoms with E-state index in [2.05, 4.69) is 6.58 Å². The summed E-state index contributed by atoms with van der Waals surface area (Å²) in [6.45, 7) is 7.70. The van der Waals surface area contributed by atoms with Gasteiger partial charge in [-0.2, -0.15) is 0 Å². The van der Waals surface area contributed by atoms with Gasteiger partial charge in [-0.3, -0.25) is 4.79 Å². The maximum Gasteiger partial charge on any atom is 0.307 e. The van der Waals surface area contributed by atoms with Crippen LogP contribution in [0.1, 0.15) is 20.3 Å². The van der Waals surface area contributed by atoms with Gasteiger partial charge in [-0.15, -0.1) is 0 Å². The normalized spacial score (nSPS) is 26.5. The molecule has 1 fully saturated rings. The summed E-state index contributed by atoms with van der Waals surface area (Å²) in [5, 5.41) is 0. The van der Waals surface area contributed by atoms with Crippen molar-refractivity contribution in [2.75, 3.05) is 6.61 Å². The Labute approximate surface area is 72.4 Å². The van der Waals surface area contributed by atoms with E-state index in [1.54, 1.807) is 0 Å². The third kappa shape index (κ3) is 2.34. The number of rotatable bonds is 4. The first kappa shape index (κ1) is 9.26. The lowest BCUT2D eigenvalue weighted by atomic mass is 10.3. The number of ether oxygens (including phenoxy) is 2. The summed E-state index contributed by atoms with van der Waals surface area (Å²) in [4.78, 5) is 10.5. The van der Waals surface area contributed by atoms with Crippen LogP contribution in [0.5, 0.6) is 0 Å². The zero-order valence-electron chi connectivity index (χ0n) is 7.50. The van der Waals surface area contributed by atoms with Gasteiger partial charge in [-0.1, -0.05) is 6.58 Å². The zero-order chi connectivity index (χ0) is 9.14. The average Bonchev–Trinajstić information content (AvgIpc) is 2.66. The monoisotopic (exact) mass is 170 g/mol. The standard InChI is InChI=1S/C9H14O3/c1-4-11-9-5-8(9)6(2)12-7(3)10/h8-9H,2,4-5H2,1,3H3/t8-,9+/m0/s1. The van der Waals surface area contributed by atoms with E-state index in [4.69, 9.17) is 9.47 Å². The Morgan fingerprint density at radius 1 is 1.67 bits per heavy atom. The van der Waals surface area contributed by atoms with Gasteiger partial charge in [0.1, 0.15) is 5.76 Å². The molecule has 0 amide bonds. The summed E-state index contributed by atoms with van der Waals surface area (Å²) in [5.41, 5.74) is 0. The molecular weight excluding hydrogens is 156 g/mol. The number of hydrogen-bond acceptors (Lipinski definition) is 3. The highest BCUT2D eigenvalue weighted by atomic mass is 16.5. The maximum absolute atomic E-state index is 10.5. The van der Waals surface area contributed by atoms with Crippen LogP contribution in [0.4, 0.5) is 0 Å². The van der Waals surface area contributed by atoms with Crippen LogP contribution in [0.3, 0.4) is 0 Å². The Kier molecular flexibility index (Phi) is 2.87. The minimum atomic E-state index is -0.304. The predicted molar refractivity (Wildman–Crippen MR) is 44.4 cm³/mol. The minimum Gasteiger partial charge on any atom is -0.431 e. The maximum atomic E-state index is 10.5. The van der Waals surface area contributed by atoms with Gasteiger partial charge in [0.25, 0.3) is 0 Å². The number of esters is 1. The van der Waals surface area contributed by atoms with Crippen LogP contribution < -0.4 is 0 Å². The predicted octanol–water partition coefficient (Wildman–Crippen LogP) is 1.49. The third-order valence-corrected chi connectivity index (χ3v) is 1.80. The second-order valence-electron chi connectivity index (χ2n) is 2.90. The molecule has 0 aromatic rings. The van der Waals surface area contributed by atoms with E-state index in [9.17, 15) is 4.79 Å². The fourth-order valence-electron chi connectivity index (χ4n) is 1.17. The van der Waals surface area contributed by atoms with E-state index in [-0.39, 0.29) is 18.0 Å². The molecule has 0 radical (unpaired) electrons. The SMILES string of the molecule is C=C(OC(C)=O)[C@@H]1C[C@H]1OCC. The highest BCUT2D eigenvalue weighted by Crippen LogP contribution is 2.39. The van der Waals surface area contributed by atoms with Crippen molar-refractivity contribution in [1.29, 1.82) is 0 Å². The van der Waals surface area contributed by atoms with Crippen LogP contribution in [0, 0.1) is 5.92 Å². The molecule has 0 aromatic carbocycles. The molecule has 12 heavy (non-hydrogen) atoms. The summed E-state index contributed by atoms with van der Waals surface area (Å²) < 4.78 is 10.2. The van der Waals surface area contributed by atoms with Gasteiger partial charge in [-0.05, 0) is 13.3 Å². The van der Waals surface area contributed by atoms with E-state index < -0.39 is 0 Å². The van der Waals surface area contributed by atoms with Gasteiger partial charge in [-0.25, -0.2) is 0 Å². The van der Waals surface area contributed by atoms with E-state index in [0.717, 1.165) is 6.42 Å². The van der Waals surface area contributed by atoms with E-state index in [0.29, 0.717) is 12.4 Å². The lowest BCUT2D eigenvalue weighted by molar-refractivity contribution is -0.137. The molecule has 0 saturated heterocycles. The van der Waals surface area contributed by atoms with Crippen LogP contribution in [0.25, 0.3) is 0 Å². The van der Waals surface area contributed by atoms with Gasteiger partial charge in [0.15, 0.2) is 0 Å². The van der Waals surface area contributed by atoms with Crippen molar-refractivity contribution in [2.45, 2.75) is 26.4 Å². The Morgan fingerprint density at radius 3 is 2.83 bits per heavy atom. The van der Waals surface area contributed by atoms with E-state index >= 15 is 0 Å². The largest absolute Gasteiger partial charge is 0.431 e. The first-order valence-corrected chi connectivity index (χ1v) is 4.14. The molecule has 1 aliphatic carbocycles. The van der Waals surface area contributed by atoms with Gasteiger partial charge in [0.05, 0.1) is 6.10 Å². The summed E-state index contributed by atoms with van der Waals surface area (Å²) in [6, 6.07) is 0. The molecule has 2 atom stereocenters. The fourth-order valence-corrected chi connectivity index (χ4v) is 1.17. The lowest BCUT2D eigenvalue weighted by Gasteiger charge is -2.03. The molecular formula is C9H14O3. The second kappa shape index (κ2) is 3.72. The topological polar surface area (TPSA) is 35.5 Å². The second-order valence-corrected chi connectivity index (χ2v) is 2.90. The molecule has 3 nitrogen and oxygen atoms in total. The Morgan fingerprint density at radius 2 is 2.33 bits per heavy atom. The molecule has 1 saturated carbocycles. The van der Waals surface area contributed by atoms with Gasteiger partial charge < -0.3 is 9.47 Å². The quantitative estimate of drug-likeness (QED) is 0.473. The zero-order valence-corrected chi connectivity index (χ0v) is 7.50. The summed E-state index contributed by atoms with van der Waals surface area (Å²) in [5.74, 6) is 0.469. The van der Waals surface area contributed by atoms with Gasteiger partial charge in [0.2, 0.25) is 0 Å². The molecule has 0 spiro atoms. The van der Waals surface area contributed by atoms with Crippen LogP contribution in [-0.2, 0) is 14.3 Å². The lowest BCUT2D eigenvalue weighted by Crippen LogP contribution is -2.03. The van der Waals surface area contributed by atoms with Crippen molar-refractivity contribution in [3.05, 3.63) is 12.3 Å². The number of hydrogen-bond donors (Lipinski definition) is 0. The summed E-state index contributed by atoms with van der Waals surface area (Å²) in [6.07, 6.45) is 1.15. The molecule has 0 aliphatic heterocycles. The molecule has 1 rings (SSSR count). The van der Waals surface area contributed by atoms with E-state index in [1.807, 2.05) is 6.92 Å². The summed E-state index contributed by atoms with van der Waals surface area (Å²) >= 11 is 0. The highest BCUT2D eigenvalue weighted by molar-refractivity contribution is 5.67. The first-order valence-electron chi connectivity index (χ1n) is 4.14. The summed E-state index contributed by atoms with van der Waals surface area (Å²) in [7, 11) is 0. The van der Waals surface area contributed by atoms with E-state index in [1.165, 1.54) is 6.92 Å². The van der Waals surface area contributed by atoms with Crippen LogP contribution in [0.15, 0.2) is 12.3 Å². The van der Waals surface area contributed by atoms with Crippen LogP contribution >= 0.6 is 0 Å². The Bertz CT molecular complexity index is 198. The molecule has 68 valence electrons. The molecule has 0 N–H and O–H groups in total. The average molecular weight is 170 g/mol. The van der Waals surface area contributed by atoms with Crippen molar-refractivity contribution in [3.63, 3.8) is 0 Å². The molecule has 0 heterocycles. The minimum absolute atomic E-state index is 0.224. The third-order valence-electron chi connectivity index (χ3n) is 1.80. The van der Waals surface area contributed by atoms with Crippen molar-refractivity contribution in [2.24, 2.45) is 5.92 Å². The van der Waals surface area contributed by atoms with Crippen molar-refractivity contribution >= 4 is 5.97 Å². The Balaban J connectivity index is 2.24. The smallest absolute Gasteiger partial charge is 0.307 e. The highest BCUT2D eigenvalue weighted by Gasteiger charge is 2.41. The Hall–Kier alpha value is -0.830. The van der Waals surface area contributed by atoms with Crippen molar-refractivity contribution < 1.29 is 14.3 Å². The van der Waals surface area contributed by atoms with Crippen molar-refractivity contribution in [1.82, 2.24) is 0 Å². The molecule has 1 aliphatic rings. The molecule has 0 bridgehead atoms. The van der Waals surface area contributed by atoms with Crippen molar-refractivity contribution in [3.8, 4) is 0 Å². The molecule has 0 aromatic heterocycles. The van der Waals surface area contributed by atoms with Crippen LogP contribution in [-0.4, -0.2) is 18.7 Å². The van der Waals surface area contributed by atoms with Gasteiger partial charge in [0, 0.05) is 19.4 Å². The van der Waals surface area contributed by atoms with Crippen LogP contribution in [0.2, 0.25) is 0 Å². The number of carbonyl (C=O) groups is 1. The molecule has 0 unspecified atom stereocenters.